The molecular weight excluding hydrogens is 200 g/mol. The fraction of sp³-hybridized carbons (Fsp3) is 0.538. The summed E-state index contributed by atoms with van der Waals surface area (Å²) in [7, 11) is 0. The molecule has 1 fully saturated rings. The molecule has 0 radical (unpaired) electrons. The quantitative estimate of drug-likeness (QED) is 0.747. The van der Waals surface area contributed by atoms with Gasteiger partial charge in [-0.3, -0.25) is 0 Å². The van der Waals surface area contributed by atoms with Crippen molar-refractivity contribution >= 4 is 11.4 Å². The summed E-state index contributed by atoms with van der Waals surface area (Å²) in [6.45, 7) is 5.80. The first kappa shape index (κ1) is 11.3. The zero-order chi connectivity index (χ0) is 11.7. The van der Waals surface area contributed by atoms with Crippen LogP contribution >= 0.6 is 0 Å². The third-order valence-corrected chi connectivity index (χ3v) is 3.55. The zero-order valence-electron chi connectivity index (χ0n) is 9.98. The summed E-state index contributed by atoms with van der Waals surface area (Å²) in [6.07, 6.45) is 0.821. The van der Waals surface area contributed by atoms with Gasteiger partial charge in [0, 0.05) is 19.0 Å². The van der Waals surface area contributed by atoms with E-state index in [1.54, 1.807) is 0 Å². The number of aliphatic hydroxyl groups is 1. The van der Waals surface area contributed by atoms with Gasteiger partial charge >= 0.3 is 0 Å². The van der Waals surface area contributed by atoms with Crippen molar-refractivity contribution in [3.05, 3.63) is 23.8 Å². The van der Waals surface area contributed by atoms with Gasteiger partial charge in [-0.05, 0) is 31.9 Å². The molecule has 1 aliphatic rings. The Morgan fingerprint density at radius 3 is 2.88 bits per heavy atom. The lowest BCUT2D eigenvalue weighted by atomic mass is 10.0. The van der Waals surface area contributed by atoms with Gasteiger partial charge in [0.05, 0.1) is 17.5 Å². The third kappa shape index (κ3) is 2.00. The number of hydrogen-bond donors (Lipinski definition) is 2. The number of nitrogens with zero attached hydrogens (tertiary/aromatic N) is 1. The molecule has 1 heterocycles. The maximum Gasteiger partial charge on any atom is 0.0602 e. The lowest BCUT2D eigenvalue weighted by molar-refractivity contribution is 0.136. The Kier molecular flexibility index (Phi) is 3.06. The predicted octanol–water partition coefficient (Wildman–Crippen LogP) is 1.78. The van der Waals surface area contributed by atoms with Gasteiger partial charge in [0.15, 0.2) is 0 Å². The van der Waals surface area contributed by atoms with Gasteiger partial charge in [0.2, 0.25) is 0 Å². The lowest BCUT2D eigenvalue weighted by Gasteiger charge is -2.22. The Hall–Kier alpha value is -1.22. The number of rotatable bonds is 2. The van der Waals surface area contributed by atoms with Crippen LogP contribution in [0, 0.1) is 12.8 Å². The molecule has 1 saturated heterocycles. The second-order valence-corrected chi connectivity index (χ2v) is 4.74. The molecule has 0 saturated carbocycles. The van der Waals surface area contributed by atoms with E-state index in [0.717, 1.165) is 36.4 Å². The minimum Gasteiger partial charge on any atom is -0.397 e. The Bertz CT molecular complexity index is 376. The summed E-state index contributed by atoms with van der Waals surface area (Å²) in [5, 5.41) is 9.58. The van der Waals surface area contributed by atoms with Crippen LogP contribution < -0.4 is 10.6 Å². The van der Waals surface area contributed by atoms with E-state index in [1.807, 2.05) is 26.0 Å². The monoisotopic (exact) mass is 220 g/mol. The first-order chi connectivity index (χ1) is 7.59. The van der Waals surface area contributed by atoms with Gasteiger partial charge in [-0.15, -0.1) is 0 Å². The SMILES string of the molecule is Cc1cccc(N2CCC(C(C)O)C2)c1N. The smallest absolute Gasteiger partial charge is 0.0602 e. The van der Waals surface area contributed by atoms with E-state index in [4.69, 9.17) is 5.73 Å². The van der Waals surface area contributed by atoms with Crippen LogP contribution in [0.2, 0.25) is 0 Å². The number of aliphatic hydroxyl groups excluding tert-OH is 1. The molecule has 3 heteroatoms. The van der Waals surface area contributed by atoms with Crippen LogP contribution in [0.15, 0.2) is 18.2 Å². The highest BCUT2D eigenvalue weighted by Crippen LogP contribution is 2.31. The second-order valence-electron chi connectivity index (χ2n) is 4.74. The molecule has 0 bridgehead atoms. The second kappa shape index (κ2) is 4.34. The molecule has 16 heavy (non-hydrogen) atoms. The topological polar surface area (TPSA) is 49.5 Å². The first-order valence-electron chi connectivity index (χ1n) is 5.87. The summed E-state index contributed by atoms with van der Waals surface area (Å²) in [4.78, 5) is 2.28. The Balaban J connectivity index is 2.17. The molecule has 2 unspecified atom stereocenters. The average Bonchev–Trinajstić information content (AvgIpc) is 2.71. The van der Waals surface area contributed by atoms with Crippen molar-refractivity contribution in [2.24, 2.45) is 5.92 Å². The summed E-state index contributed by atoms with van der Waals surface area (Å²) in [6, 6.07) is 6.13. The highest BCUT2D eigenvalue weighted by Gasteiger charge is 2.27. The molecule has 3 nitrogen and oxygen atoms in total. The van der Waals surface area contributed by atoms with Gasteiger partial charge in [-0.25, -0.2) is 0 Å². The van der Waals surface area contributed by atoms with Crippen molar-refractivity contribution in [3.63, 3.8) is 0 Å². The first-order valence-corrected chi connectivity index (χ1v) is 5.87. The molecule has 1 aromatic rings. The number of benzene rings is 1. The maximum atomic E-state index is 9.58. The van der Waals surface area contributed by atoms with Crippen molar-refractivity contribution in [3.8, 4) is 0 Å². The molecule has 0 aromatic heterocycles. The van der Waals surface area contributed by atoms with Gasteiger partial charge in [0.25, 0.3) is 0 Å². The van der Waals surface area contributed by atoms with E-state index in [1.165, 1.54) is 0 Å². The average molecular weight is 220 g/mol. The Labute approximate surface area is 96.9 Å². The largest absolute Gasteiger partial charge is 0.397 e. The van der Waals surface area contributed by atoms with Crippen molar-refractivity contribution in [2.45, 2.75) is 26.4 Å². The minimum atomic E-state index is -0.226. The molecule has 3 N–H and O–H groups in total. The molecule has 2 rings (SSSR count). The molecule has 0 amide bonds. The summed E-state index contributed by atoms with van der Waals surface area (Å²) < 4.78 is 0. The molecule has 1 aliphatic heterocycles. The van der Waals surface area contributed by atoms with Crippen molar-refractivity contribution in [1.82, 2.24) is 0 Å². The van der Waals surface area contributed by atoms with Gasteiger partial charge < -0.3 is 15.7 Å². The van der Waals surface area contributed by atoms with Crippen molar-refractivity contribution in [1.29, 1.82) is 0 Å². The third-order valence-electron chi connectivity index (χ3n) is 3.55. The number of anilines is 2. The summed E-state index contributed by atoms with van der Waals surface area (Å²) >= 11 is 0. The van der Waals surface area contributed by atoms with Crippen LogP contribution in [0.1, 0.15) is 18.9 Å². The van der Waals surface area contributed by atoms with E-state index < -0.39 is 0 Å². The minimum absolute atomic E-state index is 0.226. The molecule has 0 aliphatic carbocycles. The van der Waals surface area contributed by atoms with Gasteiger partial charge in [-0.1, -0.05) is 12.1 Å². The number of nitrogen functional groups attached to an aromatic ring is 1. The fourth-order valence-electron chi connectivity index (χ4n) is 2.34. The zero-order valence-corrected chi connectivity index (χ0v) is 9.98. The fourth-order valence-corrected chi connectivity index (χ4v) is 2.34. The van der Waals surface area contributed by atoms with E-state index in [2.05, 4.69) is 11.0 Å². The summed E-state index contributed by atoms with van der Waals surface area (Å²) in [5.41, 5.74) is 9.19. The molecule has 88 valence electrons. The standard InChI is InChI=1S/C13H20N2O/c1-9-4-3-5-12(13(9)14)15-7-6-11(8-15)10(2)16/h3-5,10-11,16H,6-8,14H2,1-2H3. The molecule has 2 atom stereocenters. The number of para-hydroxylation sites is 1. The van der Waals surface area contributed by atoms with Crippen LogP contribution in [-0.2, 0) is 0 Å². The molecular formula is C13H20N2O. The Morgan fingerprint density at radius 1 is 1.50 bits per heavy atom. The highest BCUT2D eigenvalue weighted by atomic mass is 16.3. The van der Waals surface area contributed by atoms with Crippen LogP contribution in [0.5, 0.6) is 0 Å². The van der Waals surface area contributed by atoms with Crippen molar-refractivity contribution < 1.29 is 5.11 Å². The van der Waals surface area contributed by atoms with Crippen LogP contribution in [-0.4, -0.2) is 24.3 Å². The van der Waals surface area contributed by atoms with Crippen LogP contribution in [0.4, 0.5) is 11.4 Å². The van der Waals surface area contributed by atoms with Crippen molar-refractivity contribution in [2.75, 3.05) is 23.7 Å². The van der Waals surface area contributed by atoms with Crippen LogP contribution in [0.25, 0.3) is 0 Å². The maximum absolute atomic E-state index is 9.58. The molecule has 0 spiro atoms. The number of nitrogens with two attached hydrogens (primary N) is 1. The van der Waals surface area contributed by atoms with E-state index in [9.17, 15) is 5.11 Å². The number of hydrogen-bond acceptors (Lipinski definition) is 3. The lowest BCUT2D eigenvalue weighted by Crippen LogP contribution is -2.24. The van der Waals surface area contributed by atoms with Crippen LogP contribution in [0.3, 0.4) is 0 Å². The Morgan fingerprint density at radius 2 is 2.25 bits per heavy atom. The van der Waals surface area contributed by atoms with E-state index in [0.29, 0.717) is 5.92 Å². The molecule has 1 aromatic carbocycles. The highest BCUT2D eigenvalue weighted by molar-refractivity contribution is 5.71. The number of aryl methyl sites for hydroxylation is 1. The van der Waals surface area contributed by atoms with Gasteiger partial charge in [-0.2, -0.15) is 0 Å². The van der Waals surface area contributed by atoms with E-state index >= 15 is 0 Å². The van der Waals surface area contributed by atoms with E-state index in [-0.39, 0.29) is 6.10 Å². The normalized spacial score (nSPS) is 22.4. The van der Waals surface area contributed by atoms with Gasteiger partial charge in [0.1, 0.15) is 0 Å². The summed E-state index contributed by atoms with van der Waals surface area (Å²) in [5.74, 6) is 0.375. The predicted molar refractivity (Wildman–Crippen MR) is 67.6 cm³/mol.